The molecule has 3 aromatic carbocycles. The number of ether oxygens (including phenoxy) is 1. The number of pyridine rings is 1. The number of methoxy groups -OCH3 is 1. The lowest BCUT2D eigenvalue weighted by Crippen LogP contribution is -2.18. The molecule has 0 radical (unpaired) electrons. The van der Waals surface area contributed by atoms with Crippen LogP contribution in [0.4, 0.5) is 0 Å². The molecule has 0 aliphatic rings. The van der Waals surface area contributed by atoms with Gasteiger partial charge in [0.2, 0.25) is 0 Å². The van der Waals surface area contributed by atoms with Crippen molar-refractivity contribution in [1.82, 2.24) is 10.4 Å². The summed E-state index contributed by atoms with van der Waals surface area (Å²) in [6, 6.07) is 22.3. The van der Waals surface area contributed by atoms with Gasteiger partial charge in [0, 0.05) is 16.5 Å². The number of rotatable bonds is 5. The van der Waals surface area contributed by atoms with Crippen LogP contribution in [-0.2, 0) is 0 Å². The maximum atomic E-state index is 13.0. The fourth-order valence-corrected chi connectivity index (χ4v) is 3.26. The Kier molecular flexibility index (Phi) is 5.62. The van der Waals surface area contributed by atoms with Crippen molar-refractivity contribution >= 4 is 23.0 Å². The van der Waals surface area contributed by atoms with E-state index in [2.05, 4.69) is 10.5 Å². The first-order chi connectivity index (χ1) is 15.1. The largest absolute Gasteiger partial charge is 0.504 e. The van der Waals surface area contributed by atoms with Crippen LogP contribution in [0.25, 0.3) is 22.2 Å². The number of para-hydroxylation sites is 2. The Morgan fingerprint density at radius 3 is 2.61 bits per heavy atom. The first kappa shape index (κ1) is 20.1. The highest BCUT2D eigenvalue weighted by Gasteiger charge is 2.14. The minimum atomic E-state index is -0.370. The topological polar surface area (TPSA) is 83.8 Å². The van der Waals surface area contributed by atoms with Crippen LogP contribution in [0.5, 0.6) is 11.5 Å². The average Bonchev–Trinajstić information content (AvgIpc) is 2.80. The summed E-state index contributed by atoms with van der Waals surface area (Å²) < 4.78 is 5.09. The third-order valence-corrected chi connectivity index (χ3v) is 4.93. The summed E-state index contributed by atoms with van der Waals surface area (Å²) in [7, 11) is 1.47. The van der Waals surface area contributed by atoms with Gasteiger partial charge in [-0.05, 0) is 31.2 Å². The van der Waals surface area contributed by atoms with Gasteiger partial charge in [-0.15, -0.1) is 0 Å². The predicted molar refractivity (Wildman–Crippen MR) is 122 cm³/mol. The van der Waals surface area contributed by atoms with Crippen LogP contribution in [0.3, 0.4) is 0 Å². The lowest BCUT2D eigenvalue weighted by molar-refractivity contribution is 0.0956. The summed E-state index contributed by atoms with van der Waals surface area (Å²) in [4.78, 5) is 17.7. The van der Waals surface area contributed by atoms with E-state index < -0.39 is 0 Å². The number of nitrogens with zero attached hydrogens (tertiary/aromatic N) is 2. The summed E-state index contributed by atoms with van der Waals surface area (Å²) in [5.74, 6) is -0.0808. The molecule has 154 valence electrons. The van der Waals surface area contributed by atoms with E-state index in [0.29, 0.717) is 22.6 Å². The zero-order valence-electron chi connectivity index (χ0n) is 17.2. The number of carbonyl (C=O) groups excluding carboxylic acids is 1. The molecule has 0 bridgehead atoms. The van der Waals surface area contributed by atoms with Crippen LogP contribution < -0.4 is 10.2 Å². The van der Waals surface area contributed by atoms with Gasteiger partial charge in [0.15, 0.2) is 11.5 Å². The molecule has 0 fully saturated rings. The highest BCUT2D eigenvalue weighted by molar-refractivity contribution is 6.07. The summed E-state index contributed by atoms with van der Waals surface area (Å²) in [5.41, 5.74) is 6.94. The van der Waals surface area contributed by atoms with Crippen LogP contribution in [-0.4, -0.2) is 29.3 Å². The summed E-state index contributed by atoms with van der Waals surface area (Å²) >= 11 is 0. The molecule has 0 aliphatic heterocycles. The number of benzene rings is 3. The van der Waals surface area contributed by atoms with Gasteiger partial charge in [-0.2, -0.15) is 5.10 Å². The van der Waals surface area contributed by atoms with Crippen molar-refractivity contribution in [1.29, 1.82) is 0 Å². The van der Waals surface area contributed by atoms with E-state index in [-0.39, 0.29) is 11.7 Å². The third kappa shape index (κ3) is 4.23. The number of hydrogen-bond acceptors (Lipinski definition) is 5. The Morgan fingerprint density at radius 2 is 1.84 bits per heavy atom. The van der Waals surface area contributed by atoms with Crippen molar-refractivity contribution in [2.24, 2.45) is 5.10 Å². The second-order valence-electron chi connectivity index (χ2n) is 7.04. The van der Waals surface area contributed by atoms with E-state index in [1.165, 1.54) is 13.3 Å². The smallest absolute Gasteiger partial charge is 0.272 e. The van der Waals surface area contributed by atoms with E-state index >= 15 is 0 Å². The lowest BCUT2D eigenvalue weighted by atomic mass is 10.0. The Balaban J connectivity index is 1.66. The minimum absolute atomic E-state index is 0.0426. The number of aromatic hydroxyl groups is 1. The van der Waals surface area contributed by atoms with Crippen LogP contribution in [0.15, 0.2) is 77.9 Å². The van der Waals surface area contributed by atoms with E-state index in [1.807, 2.05) is 55.5 Å². The second kappa shape index (κ2) is 8.67. The van der Waals surface area contributed by atoms with Gasteiger partial charge >= 0.3 is 0 Å². The maximum absolute atomic E-state index is 13.0. The molecule has 6 nitrogen and oxygen atoms in total. The standard InChI is InChI=1S/C25H21N3O3/c1-16-10-12-17(13-11-16)22-14-20(19-7-3-4-8-21(19)27-22)25(30)28-26-15-18-6-5-9-23(31-2)24(18)29/h3-15,29H,1-2H3,(H,28,30)/b26-15+. The first-order valence-electron chi connectivity index (χ1n) is 9.73. The van der Waals surface area contributed by atoms with Crippen molar-refractivity contribution in [2.75, 3.05) is 7.11 Å². The molecular formula is C25H21N3O3. The number of amides is 1. The van der Waals surface area contributed by atoms with Gasteiger partial charge in [-0.25, -0.2) is 10.4 Å². The molecule has 0 aliphatic carbocycles. The predicted octanol–water partition coefficient (Wildman–Crippen LogP) is 4.69. The highest BCUT2D eigenvalue weighted by atomic mass is 16.5. The van der Waals surface area contributed by atoms with Crippen molar-refractivity contribution in [3.05, 3.63) is 89.5 Å². The number of phenolic OH excluding ortho intramolecular Hbond substituents is 1. The molecule has 2 N–H and O–H groups in total. The Hall–Kier alpha value is -4.19. The molecule has 1 heterocycles. The average molecular weight is 411 g/mol. The van der Waals surface area contributed by atoms with Gasteiger partial charge in [-0.3, -0.25) is 4.79 Å². The second-order valence-corrected chi connectivity index (χ2v) is 7.04. The molecule has 6 heteroatoms. The number of hydrogen-bond donors (Lipinski definition) is 2. The third-order valence-electron chi connectivity index (χ3n) is 4.93. The highest BCUT2D eigenvalue weighted by Crippen LogP contribution is 2.28. The first-order valence-corrected chi connectivity index (χ1v) is 9.73. The van der Waals surface area contributed by atoms with Crippen molar-refractivity contribution < 1.29 is 14.6 Å². The van der Waals surface area contributed by atoms with E-state index in [9.17, 15) is 9.90 Å². The molecule has 0 saturated carbocycles. The molecule has 0 saturated heterocycles. The number of hydrazone groups is 1. The quantitative estimate of drug-likeness (QED) is 0.369. The van der Waals surface area contributed by atoms with E-state index in [4.69, 9.17) is 9.72 Å². The molecule has 4 rings (SSSR count). The Labute approximate surface area is 179 Å². The van der Waals surface area contributed by atoms with Gasteiger partial charge in [-0.1, -0.05) is 54.1 Å². The summed E-state index contributed by atoms with van der Waals surface area (Å²) in [6.45, 7) is 2.02. The maximum Gasteiger partial charge on any atom is 0.272 e. The van der Waals surface area contributed by atoms with E-state index in [0.717, 1.165) is 22.0 Å². The van der Waals surface area contributed by atoms with Crippen molar-refractivity contribution in [2.45, 2.75) is 6.92 Å². The fourth-order valence-electron chi connectivity index (χ4n) is 3.26. The number of nitrogens with one attached hydrogen (secondary N) is 1. The number of carbonyl (C=O) groups is 1. The molecule has 1 amide bonds. The summed E-state index contributed by atoms with van der Waals surface area (Å²) in [5, 5.41) is 14.9. The fraction of sp³-hybridized carbons (Fsp3) is 0.0800. The monoisotopic (exact) mass is 411 g/mol. The molecular weight excluding hydrogens is 390 g/mol. The zero-order valence-corrected chi connectivity index (χ0v) is 17.2. The van der Waals surface area contributed by atoms with Crippen molar-refractivity contribution in [3.63, 3.8) is 0 Å². The number of aromatic nitrogens is 1. The molecule has 0 unspecified atom stereocenters. The molecule has 1 aromatic heterocycles. The zero-order chi connectivity index (χ0) is 21.8. The van der Waals surface area contributed by atoms with Crippen LogP contribution >= 0.6 is 0 Å². The van der Waals surface area contributed by atoms with Crippen LogP contribution in [0.2, 0.25) is 0 Å². The lowest BCUT2D eigenvalue weighted by Gasteiger charge is -2.09. The van der Waals surface area contributed by atoms with Gasteiger partial charge in [0.1, 0.15) is 0 Å². The molecule has 4 aromatic rings. The number of phenols is 1. The molecule has 0 spiro atoms. The normalized spacial score (nSPS) is 11.0. The number of fused-ring (bicyclic) bond motifs is 1. The Morgan fingerprint density at radius 1 is 1.06 bits per heavy atom. The van der Waals surface area contributed by atoms with Gasteiger partial charge in [0.25, 0.3) is 5.91 Å². The number of aryl methyl sites for hydroxylation is 1. The van der Waals surface area contributed by atoms with Crippen LogP contribution in [0.1, 0.15) is 21.5 Å². The van der Waals surface area contributed by atoms with Crippen molar-refractivity contribution in [3.8, 4) is 22.8 Å². The minimum Gasteiger partial charge on any atom is -0.504 e. The summed E-state index contributed by atoms with van der Waals surface area (Å²) in [6.07, 6.45) is 1.38. The molecule has 0 atom stereocenters. The SMILES string of the molecule is COc1cccc(/C=N/NC(=O)c2cc(-c3ccc(C)cc3)nc3ccccc23)c1O. The van der Waals surface area contributed by atoms with Gasteiger partial charge in [0.05, 0.1) is 30.1 Å². The van der Waals surface area contributed by atoms with Gasteiger partial charge < -0.3 is 9.84 Å². The Bertz CT molecular complexity index is 1280. The van der Waals surface area contributed by atoms with Crippen LogP contribution in [0, 0.1) is 6.92 Å². The molecule has 31 heavy (non-hydrogen) atoms. The van der Waals surface area contributed by atoms with E-state index in [1.54, 1.807) is 24.3 Å².